The van der Waals surface area contributed by atoms with E-state index in [0.29, 0.717) is 5.69 Å². The number of halogens is 1. The summed E-state index contributed by atoms with van der Waals surface area (Å²) in [4.78, 5) is 36.9. The van der Waals surface area contributed by atoms with Crippen molar-refractivity contribution in [3.8, 4) is 0 Å². The number of ether oxygens (including phenoxy) is 1. The van der Waals surface area contributed by atoms with Crippen molar-refractivity contribution >= 4 is 35.2 Å². The average molecular weight is 340 g/mol. The van der Waals surface area contributed by atoms with E-state index in [2.05, 4.69) is 0 Å². The summed E-state index contributed by atoms with van der Waals surface area (Å²) < 4.78 is 17.7. The maximum atomic E-state index is 12.9. The van der Waals surface area contributed by atoms with E-state index >= 15 is 0 Å². The molecule has 0 saturated carbocycles. The third-order valence-corrected chi connectivity index (χ3v) is 4.58. The van der Waals surface area contributed by atoms with Crippen LogP contribution in [0.3, 0.4) is 0 Å². The van der Waals surface area contributed by atoms with E-state index in [1.807, 2.05) is 0 Å². The number of benzene rings is 1. The lowest BCUT2D eigenvalue weighted by Crippen LogP contribution is -2.36. The van der Waals surface area contributed by atoms with Crippen LogP contribution in [0, 0.1) is 5.82 Å². The van der Waals surface area contributed by atoms with E-state index in [-0.39, 0.29) is 30.6 Å². The largest absolute Gasteiger partial charge is 0.465 e. The monoisotopic (exact) mass is 340 g/mol. The molecular weight excluding hydrogens is 323 g/mol. The summed E-state index contributed by atoms with van der Waals surface area (Å²) in [5, 5.41) is -0.604. The summed E-state index contributed by atoms with van der Waals surface area (Å²) in [6.45, 7) is 1.91. The second kappa shape index (κ2) is 7.56. The van der Waals surface area contributed by atoms with E-state index < -0.39 is 23.1 Å². The van der Waals surface area contributed by atoms with Gasteiger partial charge in [-0.2, -0.15) is 0 Å². The van der Waals surface area contributed by atoms with Gasteiger partial charge < -0.3 is 10.5 Å². The molecule has 0 spiro atoms. The molecule has 0 radical (unpaired) electrons. The number of nitrogens with zero attached hydrogens (tertiary/aromatic N) is 1. The predicted molar refractivity (Wildman–Crippen MR) is 84.4 cm³/mol. The van der Waals surface area contributed by atoms with Gasteiger partial charge in [-0.25, -0.2) is 9.29 Å². The molecule has 1 aliphatic heterocycles. The minimum atomic E-state index is -0.845. The zero-order valence-electron chi connectivity index (χ0n) is 12.5. The van der Waals surface area contributed by atoms with Crippen molar-refractivity contribution < 1.29 is 23.5 Å². The molecule has 0 aromatic heterocycles. The Labute approximate surface area is 137 Å². The lowest BCUT2D eigenvalue weighted by atomic mass is 10.3. The molecule has 2 rings (SSSR count). The molecule has 1 aromatic carbocycles. The molecular formula is C15H17FN2O4S. The smallest absolute Gasteiger partial charge is 0.323 e. The molecule has 2 N–H and O–H groups in total. The van der Waals surface area contributed by atoms with Crippen molar-refractivity contribution in [2.24, 2.45) is 5.73 Å². The maximum absolute atomic E-state index is 12.9. The molecule has 1 aliphatic rings. The highest BCUT2D eigenvalue weighted by molar-refractivity contribution is 8.00. The zero-order valence-corrected chi connectivity index (χ0v) is 13.3. The SMILES string of the molecule is CCOC(=O)[C@@H](N)CSC1CC(=O)N(c2ccc(F)cc2)C1=O. The molecule has 0 bridgehead atoms. The minimum Gasteiger partial charge on any atom is -0.465 e. The predicted octanol–water partition coefficient (Wildman–Crippen LogP) is 1.08. The summed E-state index contributed by atoms with van der Waals surface area (Å²) in [6, 6.07) is 4.29. The Balaban J connectivity index is 1.98. The number of hydrogen-bond donors (Lipinski definition) is 1. The molecule has 1 fully saturated rings. The first kappa shape index (κ1) is 17.4. The molecule has 1 aromatic rings. The minimum absolute atomic E-state index is 0.0242. The van der Waals surface area contributed by atoms with Crippen molar-refractivity contribution in [3.63, 3.8) is 0 Å². The Hall–Kier alpha value is -1.93. The van der Waals surface area contributed by atoms with Crippen LogP contribution in [0.25, 0.3) is 0 Å². The quantitative estimate of drug-likeness (QED) is 0.616. The van der Waals surface area contributed by atoms with Gasteiger partial charge in [-0.1, -0.05) is 0 Å². The van der Waals surface area contributed by atoms with Crippen LogP contribution < -0.4 is 10.6 Å². The van der Waals surface area contributed by atoms with Crippen LogP contribution in [0.5, 0.6) is 0 Å². The van der Waals surface area contributed by atoms with Gasteiger partial charge in [0.25, 0.3) is 0 Å². The fourth-order valence-electron chi connectivity index (χ4n) is 2.13. The van der Waals surface area contributed by atoms with Crippen molar-refractivity contribution in [1.82, 2.24) is 0 Å². The topological polar surface area (TPSA) is 89.7 Å². The maximum Gasteiger partial charge on any atom is 0.323 e. The van der Waals surface area contributed by atoms with Crippen LogP contribution in [0.2, 0.25) is 0 Å². The van der Waals surface area contributed by atoms with Gasteiger partial charge in [0, 0.05) is 12.2 Å². The number of rotatable bonds is 6. The molecule has 2 atom stereocenters. The number of imide groups is 1. The Morgan fingerprint density at radius 3 is 2.70 bits per heavy atom. The number of thioether (sulfide) groups is 1. The van der Waals surface area contributed by atoms with E-state index in [1.165, 1.54) is 24.3 Å². The van der Waals surface area contributed by atoms with Gasteiger partial charge in [-0.3, -0.25) is 14.4 Å². The highest BCUT2D eigenvalue weighted by atomic mass is 32.2. The molecule has 23 heavy (non-hydrogen) atoms. The van der Waals surface area contributed by atoms with Gasteiger partial charge in [-0.15, -0.1) is 11.8 Å². The van der Waals surface area contributed by atoms with Gasteiger partial charge in [0.05, 0.1) is 17.5 Å². The molecule has 0 aliphatic carbocycles. The van der Waals surface area contributed by atoms with Gasteiger partial charge in [0.15, 0.2) is 0 Å². The first-order valence-corrected chi connectivity index (χ1v) is 8.15. The third-order valence-electron chi connectivity index (χ3n) is 3.26. The normalized spacial score (nSPS) is 19.1. The molecule has 1 saturated heterocycles. The highest BCUT2D eigenvalue weighted by Gasteiger charge is 2.40. The van der Waals surface area contributed by atoms with Crippen molar-refractivity contribution in [2.75, 3.05) is 17.3 Å². The number of anilines is 1. The van der Waals surface area contributed by atoms with Crippen LogP contribution in [0.1, 0.15) is 13.3 Å². The van der Waals surface area contributed by atoms with Gasteiger partial charge >= 0.3 is 5.97 Å². The summed E-state index contributed by atoms with van der Waals surface area (Å²) in [6.07, 6.45) is 0.0242. The number of nitrogens with two attached hydrogens (primary N) is 1. The van der Waals surface area contributed by atoms with Crippen LogP contribution in [0.15, 0.2) is 24.3 Å². The Kier molecular flexibility index (Phi) is 5.73. The van der Waals surface area contributed by atoms with E-state index in [9.17, 15) is 18.8 Å². The lowest BCUT2D eigenvalue weighted by molar-refractivity contribution is -0.144. The van der Waals surface area contributed by atoms with Crippen LogP contribution in [-0.2, 0) is 19.1 Å². The number of esters is 1. The van der Waals surface area contributed by atoms with Gasteiger partial charge in [-0.05, 0) is 31.2 Å². The second-order valence-corrected chi connectivity index (χ2v) is 6.16. The average Bonchev–Trinajstić information content (AvgIpc) is 2.80. The number of carbonyl (C=O) groups is 3. The van der Waals surface area contributed by atoms with Crippen molar-refractivity contribution in [3.05, 3.63) is 30.1 Å². The molecule has 2 amide bonds. The first-order valence-electron chi connectivity index (χ1n) is 7.10. The summed E-state index contributed by atoms with van der Waals surface area (Å²) in [5.41, 5.74) is 6.01. The summed E-state index contributed by atoms with van der Waals surface area (Å²) in [5.74, 6) is -1.54. The van der Waals surface area contributed by atoms with E-state index in [0.717, 1.165) is 16.7 Å². The molecule has 1 unspecified atom stereocenters. The van der Waals surface area contributed by atoms with Crippen LogP contribution in [0.4, 0.5) is 10.1 Å². The molecule has 6 nitrogen and oxygen atoms in total. The van der Waals surface area contributed by atoms with E-state index in [4.69, 9.17) is 10.5 Å². The van der Waals surface area contributed by atoms with Crippen molar-refractivity contribution in [2.45, 2.75) is 24.6 Å². The number of amides is 2. The first-order chi connectivity index (χ1) is 10.9. The third kappa shape index (κ3) is 4.08. The fraction of sp³-hybridized carbons (Fsp3) is 0.400. The standard InChI is InChI=1S/C15H17FN2O4S/c1-2-22-15(21)11(17)8-23-12-7-13(19)18(14(12)20)10-5-3-9(16)4-6-10/h3-6,11-12H,2,7-8,17H2,1H3/t11-,12?/m0/s1. The molecule has 124 valence electrons. The second-order valence-electron chi connectivity index (χ2n) is 4.93. The summed E-state index contributed by atoms with van der Waals surface area (Å²) in [7, 11) is 0. The zero-order chi connectivity index (χ0) is 17.0. The Morgan fingerprint density at radius 2 is 2.09 bits per heavy atom. The van der Waals surface area contributed by atoms with Crippen LogP contribution >= 0.6 is 11.8 Å². The summed E-state index contributed by atoms with van der Waals surface area (Å²) >= 11 is 1.15. The Morgan fingerprint density at radius 1 is 1.43 bits per heavy atom. The number of hydrogen-bond acceptors (Lipinski definition) is 6. The van der Waals surface area contributed by atoms with Gasteiger partial charge in [0.1, 0.15) is 11.9 Å². The van der Waals surface area contributed by atoms with Crippen molar-refractivity contribution in [1.29, 1.82) is 0 Å². The molecule has 1 heterocycles. The highest BCUT2D eigenvalue weighted by Crippen LogP contribution is 2.30. The fourth-order valence-corrected chi connectivity index (χ4v) is 3.22. The Bertz CT molecular complexity index is 608. The number of carbonyl (C=O) groups excluding carboxylic acids is 3. The van der Waals surface area contributed by atoms with Crippen LogP contribution in [-0.4, -0.2) is 41.4 Å². The van der Waals surface area contributed by atoms with E-state index in [1.54, 1.807) is 6.92 Å². The van der Waals surface area contributed by atoms with Gasteiger partial charge in [0.2, 0.25) is 11.8 Å². The molecule has 8 heteroatoms. The lowest BCUT2D eigenvalue weighted by Gasteiger charge is -2.15.